The number of benzene rings is 2. The molecule has 0 aromatic heterocycles. The summed E-state index contributed by atoms with van der Waals surface area (Å²) in [6.07, 6.45) is -1.11. The third-order valence-electron chi connectivity index (χ3n) is 4.79. The molecule has 7 heteroatoms. The third kappa shape index (κ3) is 5.16. The van der Waals surface area contributed by atoms with Gasteiger partial charge in [-0.15, -0.1) is 0 Å². The van der Waals surface area contributed by atoms with Crippen molar-refractivity contribution >= 4 is 24.2 Å². The van der Waals surface area contributed by atoms with Crippen LogP contribution in [0.2, 0.25) is 0 Å². The first-order valence-electron chi connectivity index (χ1n) is 8.93. The number of hydrogen-bond donors (Lipinski definition) is 0. The molecule has 0 radical (unpaired) electrons. The predicted octanol–water partition coefficient (Wildman–Crippen LogP) is 0.635. The number of aryl methyl sites for hydroxylation is 6. The Labute approximate surface area is 193 Å². The maximum absolute atomic E-state index is 13.7. The first-order valence-corrected chi connectivity index (χ1v) is 10.8. The molecule has 0 atom stereocenters. The van der Waals surface area contributed by atoms with Crippen LogP contribution in [0.15, 0.2) is 24.3 Å². The van der Waals surface area contributed by atoms with Crippen LogP contribution in [0.4, 0.5) is 0 Å². The fraction of sp³-hybridized carbons (Fsp3) is 0.318. The largest absolute Gasteiger partial charge is 1.00 e. The van der Waals surface area contributed by atoms with E-state index in [1.165, 1.54) is 0 Å². The summed E-state index contributed by atoms with van der Waals surface area (Å²) in [5.74, 6) is -1.69. The van der Waals surface area contributed by atoms with Crippen molar-refractivity contribution in [1.82, 2.24) is 0 Å². The Morgan fingerprint density at radius 3 is 1.24 bits per heavy atom. The third-order valence-corrected chi connectivity index (χ3v) is 7.25. The smallest absolute Gasteiger partial charge is 0.550 e. The molecular weight excluding hydrogens is 398 g/mol. The molecule has 29 heavy (non-hydrogen) atoms. The number of carbonyl (C=O) groups excluding carboxylic acids is 3. The second-order valence-electron chi connectivity index (χ2n) is 7.43. The van der Waals surface area contributed by atoms with Gasteiger partial charge < -0.3 is 14.5 Å². The molecule has 0 aliphatic rings. The molecule has 0 unspecified atom stereocenters. The summed E-state index contributed by atoms with van der Waals surface area (Å²) in [5, 5.41) is 11.3. The van der Waals surface area contributed by atoms with Crippen LogP contribution in [0.25, 0.3) is 0 Å². The summed E-state index contributed by atoms with van der Waals surface area (Å²) in [4.78, 5) is 37.9. The van der Waals surface area contributed by atoms with E-state index in [2.05, 4.69) is 0 Å². The van der Waals surface area contributed by atoms with Gasteiger partial charge in [-0.2, -0.15) is 0 Å². The molecular formula is C22H24NaO5P. The van der Waals surface area contributed by atoms with Crippen molar-refractivity contribution in [2.24, 2.45) is 0 Å². The zero-order chi connectivity index (χ0) is 21.4. The van der Waals surface area contributed by atoms with Gasteiger partial charge in [0, 0.05) is 17.1 Å². The number of aliphatic carboxylic acids is 1. The van der Waals surface area contributed by atoms with Crippen LogP contribution in [0.5, 0.6) is 0 Å². The van der Waals surface area contributed by atoms with Gasteiger partial charge in [0.2, 0.25) is 18.2 Å². The molecule has 0 heterocycles. The minimum Gasteiger partial charge on any atom is -0.550 e. The Kier molecular flexibility index (Phi) is 8.38. The van der Waals surface area contributed by atoms with Gasteiger partial charge in [-0.05, 0) is 63.8 Å². The summed E-state index contributed by atoms with van der Waals surface area (Å²) in [6.45, 7) is 10.5. The molecule has 0 saturated carbocycles. The molecule has 0 spiro atoms. The van der Waals surface area contributed by atoms with Crippen LogP contribution in [-0.4, -0.2) is 23.2 Å². The Morgan fingerprint density at radius 1 is 0.724 bits per heavy atom. The Bertz CT molecular complexity index is 936. The number of carboxylic acids is 1. The number of carboxylic acid groups (broad SMARTS) is 1. The molecule has 2 aromatic carbocycles. The van der Waals surface area contributed by atoms with E-state index < -0.39 is 30.3 Å². The Hall–Kier alpha value is -1.52. The van der Waals surface area contributed by atoms with E-state index in [0.29, 0.717) is 22.3 Å². The Morgan fingerprint density at radius 2 is 1.00 bits per heavy atom. The summed E-state index contributed by atoms with van der Waals surface area (Å²) in [7, 11) is -4.48. The van der Waals surface area contributed by atoms with E-state index in [1.807, 2.05) is 13.8 Å². The molecule has 0 bridgehead atoms. The van der Waals surface area contributed by atoms with Gasteiger partial charge in [0.25, 0.3) is 0 Å². The summed E-state index contributed by atoms with van der Waals surface area (Å²) < 4.78 is 13.7. The number of rotatable bonds is 6. The second-order valence-corrected chi connectivity index (χ2v) is 10.0. The maximum atomic E-state index is 13.7. The maximum Gasteiger partial charge on any atom is 1.00 e. The van der Waals surface area contributed by atoms with Crippen molar-refractivity contribution in [2.45, 2.75) is 41.5 Å². The quantitative estimate of drug-likeness (QED) is 0.503. The van der Waals surface area contributed by atoms with E-state index in [0.717, 1.165) is 11.1 Å². The SMILES string of the molecule is Cc1cc(C)c(C(=O)P(=O)(CC(=O)[O-])C(=O)c2c(C)cc(C)cc2C)c(C)c1.[Na+]. The van der Waals surface area contributed by atoms with Gasteiger partial charge in [0.15, 0.2) is 0 Å². The molecule has 0 saturated heterocycles. The van der Waals surface area contributed by atoms with Crippen LogP contribution in [0, 0.1) is 41.5 Å². The molecule has 148 valence electrons. The van der Waals surface area contributed by atoms with E-state index in [1.54, 1.807) is 52.0 Å². The van der Waals surface area contributed by atoms with Gasteiger partial charge in [0.1, 0.15) is 0 Å². The van der Waals surface area contributed by atoms with Crippen molar-refractivity contribution in [3.05, 3.63) is 68.8 Å². The number of hydrogen-bond acceptors (Lipinski definition) is 5. The standard InChI is InChI=1S/C22H25O5P.Na/c1-12-7-14(3)19(15(4)8-12)21(25)28(27,11-18(23)24)22(26)20-16(5)9-13(2)10-17(20)6;/h7-10H,11H2,1-6H3,(H,23,24);/q;+1/p-1. The zero-order valence-corrected chi connectivity index (χ0v) is 20.9. The molecule has 0 fully saturated rings. The van der Waals surface area contributed by atoms with Crippen molar-refractivity contribution < 1.29 is 53.6 Å². The average Bonchev–Trinajstić information content (AvgIpc) is 2.51. The van der Waals surface area contributed by atoms with Crippen molar-refractivity contribution in [2.75, 3.05) is 6.16 Å². The van der Waals surface area contributed by atoms with Crippen molar-refractivity contribution in [3.8, 4) is 0 Å². The molecule has 0 aliphatic carbocycles. The molecule has 0 aliphatic heterocycles. The molecule has 2 aromatic rings. The topological polar surface area (TPSA) is 91.3 Å². The van der Waals surface area contributed by atoms with Crippen LogP contribution in [0.3, 0.4) is 0 Å². The van der Waals surface area contributed by atoms with E-state index in [4.69, 9.17) is 0 Å². The summed E-state index contributed by atoms with van der Waals surface area (Å²) in [6, 6.07) is 6.99. The molecule has 5 nitrogen and oxygen atoms in total. The molecule has 0 amide bonds. The molecule has 2 rings (SSSR count). The van der Waals surface area contributed by atoms with Gasteiger partial charge in [-0.25, -0.2) is 0 Å². The normalized spacial score (nSPS) is 11.0. The van der Waals surface area contributed by atoms with Gasteiger partial charge >= 0.3 is 29.6 Å². The predicted molar refractivity (Wildman–Crippen MR) is 107 cm³/mol. The van der Waals surface area contributed by atoms with Crippen molar-refractivity contribution in [1.29, 1.82) is 0 Å². The van der Waals surface area contributed by atoms with Crippen LogP contribution in [-0.2, 0) is 9.36 Å². The van der Waals surface area contributed by atoms with E-state index in [9.17, 15) is 24.1 Å². The second kappa shape index (κ2) is 9.53. The fourth-order valence-corrected chi connectivity index (χ4v) is 6.08. The zero-order valence-electron chi connectivity index (χ0n) is 18.0. The van der Waals surface area contributed by atoms with Gasteiger partial charge in [-0.3, -0.25) is 9.59 Å². The first-order chi connectivity index (χ1) is 12.9. The summed E-state index contributed by atoms with van der Waals surface area (Å²) in [5.41, 5.74) is 2.52. The summed E-state index contributed by atoms with van der Waals surface area (Å²) >= 11 is 0. The molecule has 0 N–H and O–H groups in total. The minimum atomic E-state index is -4.48. The van der Waals surface area contributed by atoms with Crippen LogP contribution >= 0.6 is 7.14 Å². The van der Waals surface area contributed by atoms with E-state index >= 15 is 0 Å². The van der Waals surface area contributed by atoms with Crippen LogP contribution < -0.4 is 34.7 Å². The monoisotopic (exact) mass is 422 g/mol. The van der Waals surface area contributed by atoms with Gasteiger partial charge in [-0.1, -0.05) is 35.4 Å². The van der Waals surface area contributed by atoms with Crippen LogP contribution in [0.1, 0.15) is 54.1 Å². The van der Waals surface area contributed by atoms with Crippen molar-refractivity contribution in [3.63, 3.8) is 0 Å². The van der Waals surface area contributed by atoms with E-state index in [-0.39, 0.29) is 40.7 Å². The van der Waals surface area contributed by atoms with Gasteiger partial charge in [0.05, 0.1) is 6.16 Å². The first kappa shape index (κ1) is 25.5. The average molecular weight is 422 g/mol. The Balaban J connectivity index is 0.00000420. The fourth-order valence-electron chi connectivity index (χ4n) is 3.81. The minimum absolute atomic E-state index is 0. The number of carbonyl (C=O) groups is 3.